The monoisotopic (exact) mass is 400 g/mol. The van der Waals surface area contributed by atoms with E-state index in [1.54, 1.807) is 0 Å². The van der Waals surface area contributed by atoms with Crippen LogP contribution in [0.25, 0.3) is 0 Å². The van der Waals surface area contributed by atoms with E-state index < -0.39 is 13.3 Å². The summed E-state index contributed by atoms with van der Waals surface area (Å²) in [6.45, 7) is 6.93. The maximum atomic E-state index is 12.4. The van der Waals surface area contributed by atoms with Gasteiger partial charge in [0.25, 0.3) is 0 Å². The summed E-state index contributed by atoms with van der Waals surface area (Å²) in [5.74, 6) is 0.112. The van der Waals surface area contributed by atoms with Gasteiger partial charge in [0, 0.05) is 0 Å². The molecule has 1 rings (SSSR count). The van der Waals surface area contributed by atoms with E-state index in [0.29, 0.717) is 6.42 Å². The molecule has 0 aromatic rings. The summed E-state index contributed by atoms with van der Waals surface area (Å²) in [5, 5.41) is 5.67. The third-order valence-corrected chi connectivity index (χ3v) is 17.5. The Morgan fingerprint density at radius 2 is 1.33 bits per heavy atom. The molecule has 0 aromatic carbocycles. The third-order valence-electron chi connectivity index (χ3n) is 5.89. The normalized spacial score (nSPS) is 16.3. The first-order valence-electron chi connectivity index (χ1n) is 10.8. The second-order valence-corrected chi connectivity index (χ2v) is 18.6. The summed E-state index contributed by atoms with van der Waals surface area (Å²) in [5.41, 5.74) is 0. The van der Waals surface area contributed by atoms with Crippen molar-refractivity contribution in [3.05, 3.63) is 0 Å². The van der Waals surface area contributed by atoms with Crippen molar-refractivity contribution in [2.75, 3.05) is 0 Å². The quantitative estimate of drug-likeness (QED) is 0.244. The second kappa shape index (κ2) is 13.2. The fourth-order valence-corrected chi connectivity index (χ4v) is 15.8. The molecule has 1 fully saturated rings. The van der Waals surface area contributed by atoms with Crippen LogP contribution in [0.2, 0.25) is 21.0 Å². The number of esters is 1. The molecule has 0 unspecified atom stereocenters. The Morgan fingerprint density at radius 3 is 1.79 bits per heavy atom. The number of carbonyl (C=O) groups excluding carboxylic acids is 1. The molecule has 2 nitrogen and oxygen atoms in total. The van der Waals surface area contributed by atoms with Gasteiger partial charge in [-0.25, -0.2) is 0 Å². The standard InChI is InChI=1S/C21H42GeO2/c1-4-7-16-22(17-8-5-2,18-9-6-3)19-15-21(23)24-20-13-11-10-12-14-20/h20H,4-19H2,1-3H3. The van der Waals surface area contributed by atoms with Crippen LogP contribution in [-0.2, 0) is 9.53 Å². The molecule has 0 amide bonds. The average Bonchev–Trinajstić information content (AvgIpc) is 2.61. The number of rotatable bonds is 13. The summed E-state index contributed by atoms with van der Waals surface area (Å²) in [6, 6.07) is 0. The van der Waals surface area contributed by atoms with Crippen molar-refractivity contribution < 1.29 is 9.53 Å². The maximum absolute atomic E-state index is 12.4. The summed E-state index contributed by atoms with van der Waals surface area (Å²) in [6.07, 6.45) is 15.0. The Hall–Kier alpha value is 0.0129. The molecule has 0 spiro atoms. The number of unbranched alkanes of at least 4 members (excludes halogenated alkanes) is 3. The van der Waals surface area contributed by atoms with Crippen LogP contribution in [0.1, 0.15) is 97.8 Å². The van der Waals surface area contributed by atoms with Crippen molar-refractivity contribution in [1.82, 2.24) is 0 Å². The van der Waals surface area contributed by atoms with E-state index in [4.69, 9.17) is 4.74 Å². The average molecular weight is 399 g/mol. The van der Waals surface area contributed by atoms with Gasteiger partial charge in [0.2, 0.25) is 0 Å². The summed E-state index contributed by atoms with van der Waals surface area (Å²) >= 11 is -1.87. The van der Waals surface area contributed by atoms with E-state index in [1.165, 1.54) is 78.8 Å². The molecule has 1 saturated carbocycles. The van der Waals surface area contributed by atoms with Crippen molar-refractivity contribution in [2.45, 2.75) is 125 Å². The van der Waals surface area contributed by atoms with Gasteiger partial charge in [-0.2, -0.15) is 0 Å². The molecule has 1 aliphatic carbocycles. The predicted molar refractivity (Wildman–Crippen MR) is 107 cm³/mol. The Kier molecular flexibility index (Phi) is 12.2. The first-order chi connectivity index (χ1) is 11.7. The molecule has 0 N–H and O–H groups in total. The molecule has 1 aliphatic rings. The molecule has 0 aliphatic heterocycles. The van der Waals surface area contributed by atoms with E-state index in [2.05, 4.69) is 20.8 Å². The molecule has 24 heavy (non-hydrogen) atoms. The zero-order valence-corrected chi connectivity index (χ0v) is 18.8. The van der Waals surface area contributed by atoms with Gasteiger partial charge in [0.15, 0.2) is 0 Å². The van der Waals surface area contributed by atoms with E-state index in [9.17, 15) is 4.79 Å². The second-order valence-electron chi connectivity index (χ2n) is 8.06. The Bertz CT molecular complexity index is 302. The van der Waals surface area contributed by atoms with Crippen molar-refractivity contribution in [3.8, 4) is 0 Å². The Balaban J connectivity index is 2.54. The van der Waals surface area contributed by atoms with Gasteiger partial charge in [-0.3, -0.25) is 0 Å². The van der Waals surface area contributed by atoms with Crippen LogP contribution in [0.5, 0.6) is 0 Å². The van der Waals surface area contributed by atoms with Crippen LogP contribution in [0.3, 0.4) is 0 Å². The number of hydrogen-bond acceptors (Lipinski definition) is 2. The Labute approximate surface area is 153 Å². The van der Waals surface area contributed by atoms with E-state index in [0.717, 1.165) is 12.8 Å². The summed E-state index contributed by atoms with van der Waals surface area (Å²) in [7, 11) is 0. The van der Waals surface area contributed by atoms with Crippen LogP contribution in [0.4, 0.5) is 0 Å². The molecule has 0 heterocycles. The van der Waals surface area contributed by atoms with Crippen LogP contribution < -0.4 is 0 Å². The molecular weight excluding hydrogens is 357 g/mol. The molecule has 0 radical (unpaired) electrons. The topological polar surface area (TPSA) is 26.3 Å². The zero-order chi connectivity index (χ0) is 17.7. The van der Waals surface area contributed by atoms with E-state index in [1.807, 2.05) is 0 Å². The fraction of sp³-hybridized carbons (Fsp3) is 0.952. The first kappa shape index (κ1) is 22.1. The van der Waals surface area contributed by atoms with Gasteiger partial charge < -0.3 is 0 Å². The van der Waals surface area contributed by atoms with Crippen molar-refractivity contribution >= 4 is 19.2 Å². The van der Waals surface area contributed by atoms with Crippen LogP contribution in [-0.4, -0.2) is 25.3 Å². The van der Waals surface area contributed by atoms with Crippen molar-refractivity contribution in [3.63, 3.8) is 0 Å². The van der Waals surface area contributed by atoms with Crippen molar-refractivity contribution in [2.24, 2.45) is 0 Å². The number of ether oxygens (including phenoxy) is 1. The Morgan fingerprint density at radius 1 is 0.833 bits per heavy atom. The molecule has 0 aromatic heterocycles. The molecule has 3 heteroatoms. The fourth-order valence-electron chi connectivity index (χ4n) is 4.20. The van der Waals surface area contributed by atoms with Gasteiger partial charge in [0.05, 0.1) is 0 Å². The van der Waals surface area contributed by atoms with E-state index in [-0.39, 0.29) is 12.1 Å². The van der Waals surface area contributed by atoms with Crippen molar-refractivity contribution in [1.29, 1.82) is 0 Å². The predicted octanol–water partition coefficient (Wildman–Crippen LogP) is 7.10. The van der Waals surface area contributed by atoms with E-state index >= 15 is 0 Å². The molecule has 0 atom stereocenters. The molecular formula is C21H42GeO2. The zero-order valence-electron chi connectivity index (χ0n) is 16.7. The van der Waals surface area contributed by atoms with Gasteiger partial charge in [-0.05, 0) is 0 Å². The van der Waals surface area contributed by atoms with Crippen LogP contribution in [0.15, 0.2) is 0 Å². The van der Waals surface area contributed by atoms with Gasteiger partial charge >= 0.3 is 154 Å². The third kappa shape index (κ3) is 8.92. The van der Waals surface area contributed by atoms with Gasteiger partial charge in [-0.15, -0.1) is 0 Å². The molecule has 0 saturated heterocycles. The van der Waals surface area contributed by atoms with Gasteiger partial charge in [0.1, 0.15) is 0 Å². The summed E-state index contributed by atoms with van der Waals surface area (Å²) in [4.78, 5) is 12.4. The molecule has 142 valence electrons. The van der Waals surface area contributed by atoms with Crippen LogP contribution >= 0.6 is 0 Å². The van der Waals surface area contributed by atoms with Crippen LogP contribution in [0, 0.1) is 0 Å². The number of hydrogen-bond donors (Lipinski definition) is 0. The summed E-state index contributed by atoms with van der Waals surface area (Å²) < 4.78 is 5.79. The SMILES string of the molecule is CCC[CH2][Ge]([CH2]CCC)([CH2]CCC)[CH2]CC(=O)OC1CCCCC1. The molecule has 0 bridgehead atoms. The number of carbonyl (C=O) groups is 1. The van der Waals surface area contributed by atoms with Gasteiger partial charge in [-0.1, -0.05) is 0 Å². The minimum absolute atomic E-state index is 0.112. The minimum atomic E-state index is -1.87. The first-order valence-corrected chi connectivity index (χ1v) is 16.8.